The third-order valence-corrected chi connectivity index (χ3v) is 3.61. The average molecular weight is 426 g/mol. The third kappa shape index (κ3) is 6.20. The summed E-state index contributed by atoms with van der Waals surface area (Å²) in [7, 11) is 0. The van der Waals surface area contributed by atoms with Gasteiger partial charge in [-0.3, -0.25) is 4.79 Å². The van der Waals surface area contributed by atoms with Gasteiger partial charge >= 0.3 is 12.8 Å². The maximum Gasteiger partial charge on any atom is 0.416 e. The zero-order valence-electron chi connectivity index (χ0n) is 15.5. The van der Waals surface area contributed by atoms with Crippen molar-refractivity contribution in [3.63, 3.8) is 0 Å². The molecule has 0 aliphatic rings. The molecular weight excluding hydrogens is 411 g/mol. The summed E-state index contributed by atoms with van der Waals surface area (Å²) in [6.07, 6.45) is -3.45. The van der Waals surface area contributed by atoms with Crippen molar-refractivity contribution in [2.45, 2.75) is 19.7 Å². The molecule has 0 saturated heterocycles. The summed E-state index contributed by atoms with van der Waals surface area (Å²) >= 11 is 0. The molecule has 2 aromatic carbocycles. The SMILES string of the molecule is CCOc1cc(C=C(C#N)C(=O)Nc2cccc(C(F)(F)F)c2)ccc1OC(F)F. The summed E-state index contributed by atoms with van der Waals surface area (Å²) in [4.78, 5) is 12.3. The molecule has 0 saturated carbocycles. The van der Waals surface area contributed by atoms with E-state index in [9.17, 15) is 32.0 Å². The number of hydrogen-bond donors (Lipinski definition) is 1. The lowest BCUT2D eigenvalue weighted by molar-refractivity contribution is -0.137. The highest BCUT2D eigenvalue weighted by molar-refractivity contribution is 6.09. The van der Waals surface area contributed by atoms with Crippen LogP contribution < -0.4 is 14.8 Å². The van der Waals surface area contributed by atoms with Gasteiger partial charge in [0.15, 0.2) is 11.5 Å². The average Bonchev–Trinajstić information content (AvgIpc) is 2.67. The van der Waals surface area contributed by atoms with E-state index in [2.05, 4.69) is 10.1 Å². The lowest BCUT2D eigenvalue weighted by Gasteiger charge is -2.12. The number of nitrogens with zero attached hydrogens (tertiary/aromatic N) is 1. The number of amides is 1. The summed E-state index contributed by atoms with van der Waals surface area (Å²) in [6.45, 7) is -1.30. The number of carbonyl (C=O) groups excluding carboxylic acids is 1. The standard InChI is InChI=1S/C20H15F5N2O3/c1-2-29-17-9-12(6-7-16(17)30-19(21)22)8-13(11-26)18(28)27-15-5-3-4-14(10-15)20(23,24)25/h3-10,19H,2H2,1H3,(H,27,28). The van der Waals surface area contributed by atoms with Gasteiger partial charge in [-0.2, -0.15) is 27.2 Å². The first-order chi connectivity index (χ1) is 14.1. The van der Waals surface area contributed by atoms with E-state index in [0.29, 0.717) is 0 Å². The Balaban J connectivity index is 2.27. The molecule has 1 N–H and O–H groups in total. The molecule has 30 heavy (non-hydrogen) atoms. The molecule has 0 bridgehead atoms. The Morgan fingerprint density at radius 3 is 2.53 bits per heavy atom. The number of benzene rings is 2. The van der Waals surface area contributed by atoms with E-state index in [0.717, 1.165) is 24.3 Å². The number of anilines is 1. The highest BCUT2D eigenvalue weighted by Gasteiger charge is 2.30. The second-order valence-electron chi connectivity index (χ2n) is 5.72. The Morgan fingerprint density at radius 2 is 1.93 bits per heavy atom. The van der Waals surface area contributed by atoms with Gasteiger partial charge in [0.2, 0.25) is 0 Å². The van der Waals surface area contributed by atoms with Crippen molar-refractivity contribution in [3.05, 3.63) is 59.2 Å². The summed E-state index contributed by atoms with van der Waals surface area (Å²) in [5, 5.41) is 11.5. The maximum atomic E-state index is 12.8. The molecule has 1 amide bonds. The minimum Gasteiger partial charge on any atom is -0.490 e. The van der Waals surface area contributed by atoms with Crippen LogP contribution in [-0.4, -0.2) is 19.1 Å². The van der Waals surface area contributed by atoms with Crippen molar-refractivity contribution >= 4 is 17.7 Å². The van der Waals surface area contributed by atoms with E-state index >= 15 is 0 Å². The minimum atomic E-state index is -4.59. The first-order valence-corrected chi connectivity index (χ1v) is 8.46. The highest BCUT2D eigenvalue weighted by Crippen LogP contribution is 2.32. The number of rotatable bonds is 7. The zero-order chi connectivity index (χ0) is 22.3. The lowest BCUT2D eigenvalue weighted by atomic mass is 10.1. The fourth-order valence-electron chi connectivity index (χ4n) is 2.36. The molecule has 10 heteroatoms. The first kappa shape index (κ1) is 22.7. The molecular formula is C20H15F5N2O3. The number of nitriles is 1. The molecule has 0 heterocycles. The Bertz CT molecular complexity index is 981. The van der Waals surface area contributed by atoms with Crippen LogP contribution in [0.5, 0.6) is 11.5 Å². The van der Waals surface area contributed by atoms with Crippen molar-refractivity contribution in [1.82, 2.24) is 0 Å². The summed E-state index contributed by atoms with van der Waals surface area (Å²) in [5.41, 5.74) is -1.27. The fourth-order valence-corrected chi connectivity index (χ4v) is 2.36. The van der Waals surface area contributed by atoms with Crippen LogP contribution in [0, 0.1) is 11.3 Å². The van der Waals surface area contributed by atoms with E-state index in [1.807, 2.05) is 0 Å². The normalized spacial score (nSPS) is 11.7. The van der Waals surface area contributed by atoms with Gasteiger partial charge in [-0.25, -0.2) is 0 Å². The molecule has 0 aliphatic carbocycles. The Labute approximate surface area is 168 Å². The molecule has 0 aromatic heterocycles. The molecule has 2 rings (SSSR count). The van der Waals surface area contributed by atoms with E-state index in [1.165, 1.54) is 24.3 Å². The third-order valence-electron chi connectivity index (χ3n) is 3.61. The Kier molecular flexibility index (Phi) is 7.36. The van der Waals surface area contributed by atoms with Crippen molar-refractivity contribution < 1.29 is 36.2 Å². The predicted molar refractivity (Wildman–Crippen MR) is 97.9 cm³/mol. The van der Waals surface area contributed by atoms with Crippen LogP contribution in [0.1, 0.15) is 18.1 Å². The van der Waals surface area contributed by atoms with Crippen molar-refractivity contribution in [2.24, 2.45) is 0 Å². The van der Waals surface area contributed by atoms with E-state index in [-0.39, 0.29) is 29.4 Å². The molecule has 158 valence electrons. The molecule has 0 radical (unpaired) electrons. The van der Waals surface area contributed by atoms with Crippen molar-refractivity contribution in [3.8, 4) is 17.6 Å². The number of nitrogens with one attached hydrogen (secondary N) is 1. The number of alkyl halides is 5. The maximum absolute atomic E-state index is 12.8. The monoisotopic (exact) mass is 426 g/mol. The number of halogens is 5. The van der Waals surface area contributed by atoms with Crippen LogP contribution in [0.3, 0.4) is 0 Å². The molecule has 5 nitrogen and oxygen atoms in total. The van der Waals surface area contributed by atoms with E-state index in [4.69, 9.17) is 4.74 Å². The molecule has 0 atom stereocenters. The van der Waals surface area contributed by atoms with E-state index < -0.39 is 29.8 Å². The quantitative estimate of drug-likeness (QED) is 0.373. The number of hydrogen-bond acceptors (Lipinski definition) is 4. The Morgan fingerprint density at radius 1 is 1.20 bits per heavy atom. The number of ether oxygens (including phenoxy) is 2. The van der Waals surface area contributed by atoms with Crippen LogP contribution in [-0.2, 0) is 11.0 Å². The van der Waals surface area contributed by atoms with Crippen LogP contribution >= 0.6 is 0 Å². The van der Waals surface area contributed by atoms with E-state index in [1.54, 1.807) is 13.0 Å². The first-order valence-electron chi connectivity index (χ1n) is 8.46. The highest BCUT2D eigenvalue weighted by atomic mass is 19.4. The van der Waals surface area contributed by atoms with Crippen LogP contribution in [0.2, 0.25) is 0 Å². The summed E-state index contributed by atoms with van der Waals surface area (Å²) in [5.74, 6) is -1.19. The largest absolute Gasteiger partial charge is 0.490 e. The van der Waals surface area contributed by atoms with Gasteiger partial charge in [-0.1, -0.05) is 12.1 Å². The van der Waals surface area contributed by atoms with Crippen LogP contribution in [0.15, 0.2) is 48.0 Å². The summed E-state index contributed by atoms with van der Waals surface area (Å²) in [6, 6.07) is 9.37. The summed E-state index contributed by atoms with van der Waals surface area (Å²) < 4.78 is 72.8. The second kappa shape index (κ2) is 9.73. The van der Waals surface area contributed by atoms with Crippen LogP contribution in [0.25, 0.3) is 6.08 Å². The molecule has 0 fully saturated rings. The zero-order valence-corrected chi connectivity index (χ0v) is 15.5. The minimum absolute atomic E-state index is 0.0258. The van der Waals surface area contributed by atoms with Gasteiger partial charge in [-0.15, -0.1) is 0 Å². The van der Waals surface area contributed by atoms with Gasteiger partial charge in [0.25, 0.3) is 5.91 Å². The molecule has 0 unspecified atom stereocenters. The van der Waals surface area contributed by atoms with Gasteiger partial charge in [-0.05, 0) is 48.9 Å². The molecule has 0 spiro atoms. The topological polar surface area (TPSA) is 71.3 Å². The molecule has 0 aliphatic heterocycles. The van der Waals surface area contributed by atoms with Gasteiger partial charge < -0.3 is 14.8 Å². The fraction of sp³-hybridized carbons (Fsp3) is 0.200. The van der Waals surface area contributed by atoms with Gasteiger partial charge in [0.05, 0.1) is 12.2 Å². The van der Waals surface area contributed by atoms with Crippen LogP contribution in [0.4, 0.5) is 27.6 Å². The molecule has 2 aromatic rings. The lowest BCUT2D eigenvalue weighted by Crippen LogP contribution is -2.14. The smallest absolute Gasteiger partial charge is 0.416 e. The number of carbonyl (C=O) groups is 1. The van der Waals surface area contributed by atoms with Crippen molar-refractivity contribution in [1.29, 1.82) is 5.26 Å². The van der Waals surface area contributed by atoms with Gasteiger partial charge in [0, 0.05) is 5.69 Å². The second-order valence-corrected chi connectivity index (χ2v) is 5.72. The van der Waals surface area contributed by atoms with Gasteiger partial charge in [0.1, 0.15) is 11.6 Å². The predicted octanol–water partition coefficient (Wildman–Crippen LogP) is 5.25. The Hall–Kier alpha value is -3.61. The van der Waals surface area contributed by atoms with Crippen molar-refractivity contribution in [2.75, 3.05) is 11.9 Å².